The highest BCUT2D eigenvalue weighted by Crippen LogP contribution is 2.26. The summed E-state index contributed by atoms with van der Waals surface area (Å²) in [6.07, 6.45) is 56.6. The first kappa shape index (κ1) is 70.7. The van der Waals surface area contributed by atoms with Crippen molar-refractivity contribution in [1.29, 1.82) is 0 Å². The van der Waals surface area contributed by atoms with Crippen LogP contribution in [0.25, 0.3) is 0 Å². The molecule has 1 aliphatic rings. The fourth-order valence-electron chi connectivity index (χ4n) is 8.48. The standard InChI is InChI=1S/C65H106O12/c1-4-7-10-13-16-19-22-25-27-28-29-30-32-34-36-39-42-45-48-51-57(66)73-54-56(75-58(67)52-49-46-43-40-37-33-24-21-18-15-12-9-6-3)55-74-65-63(61(70)60(69)62(77-65)64(71)72)76-59(68)53-50-47-44-41-38-35-31-26-23-20-17-14-11-8-5-2/h8,11-12,15-17,19-21,24-27,31,38,41,56,60-63,65,69-70H,4-7,9-10,13-14,18,22-23,28-30,32-37,39-40,42-55H2,1-3H3,(H,71,72)/b11-8-,15-12-,19-16-,20-17-,24-21-,27-25-,31-26-,41-38-. The largest absolute Gasteiger partial charge is 0.479 e. The van der Waals surface area contributed by atoms with Crippen molar-refractivity contribution in [3.05, 3.63) is 97.2 Å². The number of unbranched alkanes of at least 4 members (excludes halogenated alkanes) is 20. The number of ether oxygens (including phenoxy) is 5. The third kappa shape index (κ3) is 42.3. The second-order valence-corrected chi connectivity index (χ2v) is 20.2. The zero-order valence-electron chi connectivity index (χ0n) is 48.2. The van der Waals surface area contributed by atoms with E-state index in [9.17, 15) is 34.5 Å². The van der Waals surface area contributed by atoms with Gasteiger partial charge in [0.1, 0.15) is 18.8 Å². The van der Waals surface area contributed by atoms with E-state index in [1.807, 2.05) is 0 Å². The highest BCUT2D eigenvalue weighted by atomic mass is 16.7. The third-order valence-electron chi connectivity index (χ3n) is 13.1. The van der Waals surface area contributed by atoms with Gasteiger partial charge in [0.15, 0.2) is 24.6 Å². The SMILES string of the molecule is CC/C=C\C/C=C\C/C=C\C/C=C\CCCCC(=O)OC1C(OCC(COC(=O)CCCCCCCCCCC/C=C\C/C=C\CCCCC)OC(=O)CCCCCCC/C=C\C/C=C\CCC)OC(C(=O)O)C(O)C1O. The number of allylic oxidation sites excluding steroid dienone is 16. The molecule has 1 heterocycles. The second kappa shape index (κ2) is 52.3. The summed E-state index contributed by atoms with van der Waals surface area (Å²) in [5, 5.41) is 31.5. The minimum atomic E-state index is -1.92. The summed E-state index contributed by atoms with van der Waals surface area (Å²) in [4.78, 5) is 51.1. The highest BCUT2D eigenvalue weighted by molar-refractivity contribution is 5.74. The van der Waals surface area contributed by atoms with Gasteiger partial charge in [0, 0.05) is 19.3 Å². The van der Waals surface area contributed by atoms with E-state index in [4.69, 9.17) is 23.7 Å². The molecule has 1 aliphatic heterocycles. The lowest BCUT2D eigenvalue weighted by molar-refractivity contribution is -0.301. The summed E-state index contributed by atoms with van der Waals surface area (Å²) in [6, 6.07) is 0. The van der Waals surface area contributed by atoms with Crippen LogP contribution in [0.2, 0.25) is 0 Å². The van der Waals surface area contributed by atoms with Crippen molar-refractivity contribution < 1.29 is 58.2 Å². The summed E-state index contributed by atoms with van der Waals surface area (Å²) < 4.78 is 28.4. The Hall–Kier alpha value is -4.36. The van der Waals surface area contributed by atoms with Crippen molar-refractivity contribution in [3.8, 4) is 0 Å². The van der Waals surface area contributed by atoms with Crippen LogP contribution >= 0.6 is 0 Å². The number of esters is 3. The summed E-state index contributed by atoms with van der Waals surface area (Å²) in [7, 11) is 0. The zero-order valence-corrected chi connectivity index (χ0v) is 48.2. The van der Waals surface area contributed by atoms with Gasteiger partial charge < -0.3 is 39.0 Å². The molecular weight excluding hydrogens is 973 g/mol. The highest BCUT2D eigenvalue weighted by Gasteiger charge is 2.50. The Balaban J connectivity index is 2.70. The van der Waals surface area contributed by atoms with E-state index in [2.05, 4.69) is 118 Å². The number of aliphatic carboxylic acids is 1. The Morgan fingerprint density at radius 3 is 1.32 bits per heavy atom. The number of carbonyl (C=O) groups is 4. The lowest BCUT2D eigenvalue weighted by Crippen LogP contribution is -2.61. The number of carboxylic acids is 1. The number of aliphatic hydroxyl groups excluding tert-OH is 2. The van der Waals surface area contributed by atoms with Gasteiger partial charge in [-0.2, -0.15) is 0 Å². The molecule has 0 saturated carbocycles. The molecule has 1 rings (SSSR count). The van der Waals surface area contributed by atoms with Crippen LogP contribution in [-0.4, -0.2) is 89.2 Å². The molecule has 438 valence electrons. The van der Waals surface area contributed by atoms with Crippen molar-refractivity contribution in [2.45, 2.75) is 276 Å². The maximum Gasteiger partial charge on any atom is 0.335 e. The van der Waals surface area contributed by atoms with Crippen LogP contribution in [0.5, 0.6) is 0 Å². The van der Waals surface area contributed by atoms with Crippen molar-refractivity contribution >= 4 is 23.9 Å². The molecule has 0 aromatic rings. The van der Waals surface area contributed by atoms with Crippen molar-refractivity contribution in [2.75, 3.05) is 13.2 Å². The van der Waals surface area contributed by atoms with Crippen LogP contribution in [-0.2, 0) is 42.9 Å². The molecule has 77 heavy (non-hydrogen) atoms. The quantitative estimate of drug-likeness (QED) is 0.0228. The minimum absolute atomic E-state index is 0.00239. The van der Waals surface area contributed by atoms with Crippen LogP contribution in [0.1, 0.15) is 239 Å². The molecular formula is C65H106O12. The average Bonchev–Trinajstić information content (AvgIpc) is 3.42. The van der Waals surface area contributed by atoms with Crippen LogP contribution in [0.4, 0.5) is 0 Å². The van der Waals surface area contributed by atoms with E-state index in [0.29, 0.717) is 25.7 Å². The van der Waals surface area contributed by atoms with Gasteiger partial charge >= 0.3 is 23.9 Å². The normalized spacial score (nSPS) is 18.7. The molecule has 6 unspecified atom stereocenters. The Morgan fingerprint density at radius 2 is 0.844 bits per heavy atom. The van der Waals surface area contributed by atoms with Gasteiger partial charge in [-0.1, -0.05) is 201 Å². The summed E-state index contributed by atoms with van der Waals surface area (Å²) >= 11 is 0. The third-order valence-corrected chi connectivity index (χ3v) is 13.1. The van der Waals surface area contributed by atoms with E-state index in [1.165, 1.54) is 57.8 Å². The van der Waals surface area contributed by atoms with Crippen LogP contribution in [0, 0.1) is 0 Å². The molecule has 0 radical (unpaired) electrons. The van der Waals surface area contributed by atoms with E-state index in [0.717, 1.165) is 116 Å². The molecule has 3 N–H and O–H groups in total. The molecule has 0 spiro atoms. The monoisotopic (exact) mass is 1080 g/mol. The fourth-order valence-corrected chi connectivity index (χ4v) is 8.48. The number of hydrogen-bond acceptors (Lipinski definition) is 11. The summed E-state index contributed by atoms with van der Waals surface area (Å²) in [5.74, 6) is -3.20. The Kier molecular flexibility index (Phi) is 48.0. The smallest absolute Gasteiger partial charge is 0.335 e. The number of rotatable bonds is 50. The van der Waals surface area contributed by atoms with E-state index < -0.39 is 67.3 Å². The van der Waals surface area contributed by atoms with Crippen LogP contribution < -0.4 is 0 Å². The van der Waals surface area contributed by atoms with E-state index in [1.54, 1.807) is 0 Å². The van der Waals surface area contributed by atoms with Crippen molar-refractivity contribution in [1.82, 2.24) is 0 Å². The lowest BCUT2D eigenvalue weighted by atomic mass is 9.98. The molecule has 0 bridgehead atoms. The topological polar surface area (TPSA) is 175 Å². The first-order chi connectivity index (χ1) is 37.6. The molecule has 12 nitrogen and oxygen atoms in total. The van der Waals surface area contributed by atoms with Gasteiger partial charge in [0.25, 0.3) is 0 Å². The molecule has 12 heteroatoms. The summed E-state index contributed by atoms with van der Waals surface area (Å²) in [5.41, 5.74) is 0. The second-order valence-electron chi connectivity index (χ2n) is 20.2. The summed E-state index contributed by atoms with van der Waals surface area (Å²) in [6.45, 7) is 5.75. The zero-order chi connectivity index (χ0) is 56.1. The van der Waals surface area contributed by atoms with Gasteiger partial charge in [-0.25, -0.2) is 4.79 Å². The molecule has 0 aromatic carbocycles. The Morgan fingerprint density at radius 1 is 0.442 bits per heavy atom. The number of carboxylic acid groups (broad SMARTS) is 1. The number of hydrogen-bond donors (Lipinski definition) is 3. The van der Waals surface area contributed by atoms with Gasteiger partial charge in [-0.3, -0.25) is 14.4 Å². The van der Waals surface area contributed by atoms with Gasteiger partial charge in [-0.15, -0.1) is 0 Å². The molecule has 1 fully saturated rings. The van der Waals surface area contributed by atoms with E-state index in [-0.39, 0.29) is 25.9 Å². The van der Waals surface area contributed by atoms with Crippen molar-refractivity contribution in [2.24, 2.45) is 0 Å². The molecule has 6 atom stereocenters. The maximum absolute atomic E-state index is 13.1. The average molecular weight is 1080 g/mol. The first-order valence-corrected chi connectivity index (χ1v) is 30.2. The lowest BCUT2D eigenvalue weighted by Gasteiger charge is -2.40. The molecule has 0 amide bonds. The Labute approximate surface area is 466 Å². The molecule has 0 aromatic heterocycles. The maximum atomic E-state index is 13.1. The molecule has 0 aliphatic carbocycles. The van der Waals surface area contributed by atoms with Gasteiger partial charge in [0.05, 0.1) is 6.61 Å². The first-order valence-electron chi connectivity index (χ1n) is 30.2. The minimum Gasteiger partial charge on any atom is -0.479 e. The predicted molar refractivity (Wildman–Crippen MR) is 312 cm³/mol. The van der Waals surface area contributed by atoms with Crippen LogP contribution in [0.15, 0.2) is 97.2 Å². The van der Waals surface area contributed by atoms with Crippen molar-refractivity contribution in [3.63, 3.8) is 0 Å². The van der Waals surface area contributed by atoms with Gasteiger partial charge in [-0.05, 0) is 116 Å². The fraction of sp³-hybridized carbons (Fsp3) is 0.692. The van der Waals surface area contributed by atoms with E-state index >= 15 is 0 Å². The Bertz CT molecular complexity index is 1710. The number of carbonyl (C=O) groups excluding carboxylic acids is 3. The van der Waals surface area contributed by atoms with Gasteiger partial charge in [0.2, 0.25) is 0 Å². The van der Waals surface area contributed by atoms with Crippen LogP contribution in [0.3, 0.4) is 0 Å². The number of aliphatic hydroxyl groups is 2. The molecule has 1 saturated heterocycles. The predicted octanol–water partition coefficient (Wildman–Crippen LogP) is 15.7.